The van der Waals surface area contributed by atoms with Crippen molar-refractivity contribution in [3.05, 3.63) is 46.2 Å². The van der Waals surface area contributed by atoms with Gasteiger partial charge < -0.3 is 10.6 Å². The van der Waals surface area contributed by atoms with Gasteiger partial charge in [0.1, 0.15) is 0 Å². The molecule has 2 aliphatic rings. The van der Waals surface area contributed by atoms with E-state index in [4.69, 9.17) is 0 Å². The average Bonchev–Trinajstić information content (AvgIpc) is 3.32. The number of fused-ring (bicyclic) bond motifs is 1. The number of amides is 2. The molecule has 2 N–H and O–H groups in total. The highest BCUT2D eigenvalue weighted by atomic mass is 32.1. The zero-order valence-corrected chi connectivity index (χ0v) is 15.6. The molecule has 1 aliphatic heterocycles. The molecule has 0 saturated heterocycles. The van der Waals surface area contributed by atoms with Crippen molar-refractivity contribution in [2.24, 2.45) is 5.92 Å². The molecule has 1 saturated carbocycles. The van der Waals surface area contributed by atoms with Crippen molar-refractivity contribution in [1.29, 1.82) is 0 Å². The van der Waals surface area contributed by atoms with Crippen LogP contribution in [-0.4, -0.2) is 29.8 Å². The van der Waals surface area contributed by atoms with Crippen LogP contribution in [0.25, 0.3) is 0 Å². The Balaban J connectivity index is 1.39. The fourth-order valence-electron chi connectivity index (χ4n) is 3.76. The minimum Gasteiger partial charge on any atom is -0.326 e. The van der Waals surface area contributed by atoms with Crippen molar-refractivity contribution in [1.82, 2.24) is 4.90 Å². The minimum atomic E-state index is -0.106. The Morgan fingerprint density at radius 1 is 1.12 bits per heavy atom. The summed E-state index contributed by atoms with van der Waals surface area (Å²) in [5, 5.41) is 7.88. The predicted molar refractivity (Wildman–Crippen MR) is 104 cm³/mol. The summed E-state index contributed by atoms with van der Waals surface area (Å²) >= 11 is 1.85. The molecule has 1 aromatic heterocycles. The van der Waals surface area contributed by atoms with E-state index in [9.17, 15) is 9.59 Å². The van der Waals surface area contributed by atoms with E-state index in [1.54, 1.807) is 12.1 Å². The Kier molecular flexibility index (Phi) is 4.78. The summed E-state index contributed by atoms with van der Waals surface area (Å²) in [7, 11) is 0. The van der Waals surface area contributed by atoms with Gasteiger partial charge in [0.15, 0.2) is 0 Å². The van der Waals surface area contributed by atoms with Crippen LogP contribution in [-0.2, 0) is 16.0 Å². The largest absolute Gasteiger partial charge is 0.326 e. The zero-order chi connectivity index (χ0) is 18.1. The molecule has 0 unspecified atom stereocenters. The molecular weight excluding hydrogens is 346 g/mol. The van der Waals surface area contributed by atoms with Gasteiger partial charge in [-0.2, -0.15) is 0 Å². The van der Waals surface area contributed by atoms with Gasteiger partial charge in [-0.25, -0.2) is 0 Å². The summed E-state index contributed by atoms with van der Waals surface area (Å²) in [5.74, 6) is 0.612. The normalized spacial score (nSPS) is 19.7. The number of rotatable bonds is 5. The van der Waals surface area contributed by atoms with E-state index >= 15 is 0 Å². The second-order valence-corrected chi connectivity index (χ2v) is 8.11. The van der Waals surface area contributed by atoms with Gasteiger partial charge >= 0.3 is 0 Å². The summed E-state index contributed by atoms with van der Waals surface area (Å²) in [6, 6.07) is 9.86. The number of nitrogens with zero attached hydrogens (tertiary/aromatic N) is 1. The topological polar surface area (TPSA) is 61.4 Å². The lowest BCUT2D eigenvalue weighted by atomic mass is 9.96. The van der Waals surface area contributed by atoms with Gasteiger partial charge in [-0.05, 0) is 66.5 Å². The van der Waals surface area contributed by atoms with Gasteiger partial charge in [0.2, 0.25) is 11.8 Å². The number of thiophene rings is 1. The first kappa shape index (κ1) is 17.2. The Labute approximate surface area is 157 Å². The lowest BCUT2D eigenvalue weighted by molar-refractivity contribution is -0.118. The van der Waals surface area contributed by atoms with Crippen LogP contribution < -0.4 is 10.6 Å². The predicted octanol–water partition coefficient (Wildman–Crippen LogP) is 3.65. The number of hydrogen-bond donors (Lipinski definition) is 2. The molecule has 2 aromatic rings. The van der Waals surface area contributed by atoms with Gasteiger partial charge in [-0.1, -0.05) is 0 Å². The highest BCUT2D eigenvalue weighted by Gasteiger charge is 2.40. The van der Waals surface area contributed by atoms with Crippen LogP contribution in [0.4, 0.5) is 11.4 Å². The SMILES string of the molecule is CC(=O)Nc1ccc(NC(=O)CN2CCc3sccc3[C@@H]2C2CC2)cc1. The number of nitrogens with one attached hydrogen (secondary N) is 2. The molecule has 6 heteroatoms. The summed E-state index contributed by atoms with van der Waals surface area (Å²) in [5.41, 5.74) is 2.92. The van der Waals surface area contributed by atoms with Crippen LogP contribution in [0.2, 0.25) is 0 Å². The molecule has 5 nitrogen and oxygen atoms in total. The number of benzene rings is 1. The molecule has 0 spiro atoms. The van der Waals surface area contributed by atoms with Crippen molar-refractivity contribution >= 4 is 34.5 Å². The third kappa shape index (κ3) is 3.81. The summed E-state index contributed by atoms with van der Waals surface area (Å²) in [4.78, 5) is 27.5. The Bertz CT molecular complexity index is 811. The molecule has 2 heterocycles. The molecule has 136 valence electrons. The van der Waals surface area contributed by atoms with Crippen molar-refractivity contribution < 1.29 is 9.59 Å². The smallest absolute Gasteiger partial charge is 0.238 e. The van der Waals surface area contributed by atoms with Crippen molar-refractivity contribution in [3.63, 3.8) is 0 Å². The van der Waals surface area contributed by atoms with Crippen LogP contribution in [0.15, 0.2) is 35.7 Å². The third-order valence-electron chi connectivity index (χ3n) is 5.02. The van der Waals surface area contributed by atoms with E-state index in [1.165, 1.54) is 30.2 Å². The molecule has 1 aliphatic carbocycles. The number of carbonyl (C=O) groups excluding carboxylic acids is 2. The molecule has 4 rings (SSSR count). The molecule has 1 atom stereocenters. The van der Waals surface area contributed by atoms with Crippen molar-refractivity contribution in [3.8, 4) is 0 Å². The maximum Gasteiger partial charge on any atom is 0.238 e. The molecule has 2 amide bonds. The van der Waals surface area contributed by atoms with Gasteiger partial charge in [0.25, 0.3) is 0 Å². The first-order chi connectivity index (χ1) is 12.6. The molecule has 1 aromatic carbocycles. The molecule has 1 fully saturated rings. The molecule has 0 bridgehead atoms. The van der Waals surface area contributed by atoms with Crippen molar-refractivity contribution in [2.45, 2.75) is 32.2 Å². The first-order valence-corrected chi connectivity index (χ1v) is 9.96. The zero-order valence-electron chi connectivity index (χ0n) is 14.8. The lowest BCUT2D eigenvalue weighted by Gasteiger charge is -2.35. The maximum atomic E-state index is 12.6. The summed E-state index contributed by atoms with van der Waals surface area (Å²) in [6.07, 6.45) is 3.57. The van der Waals surface area contributed by atoms with E-state index in [2.05, 4.69) is 27.0 Å². The summed E-state index contributed by atoms with van der Waals surface area (Å²) in [6.45, 7) is 2.84. The van der Waals surface area contributed by atoms with E-state index < -0.39 is 0 Å². The standard InChI is InChI=1S/C20H23N3O2S/c1-13(24)21-15-4-6-16(7-5-15)22-19(25)12-23-10-8-18-17(9-11-26-18)20(23)14-2-3-14/h4-7,9,11,14,20H,2-3,8,10,12H2,1H3,(H,21,24)(H,22,25)/t20-/m0/s1. The van der Waals surface area contributed by atoms with Crippen LogP contribution in [0.5, 0.6) is 0 Å². The second kappa shape index (κ2) is 7.21. The monoisotopic (exact) mass is 369 g/mol. The fourth-order valence-corrected chi connectivity index (χ4v) is 4.68. The first-order valence-electron chi connectivity index (χ1n) is 9.08. The van der Waals surface area contributed by atoms with Gasteiger partial charge in [0, 0.05) is 35.8 Å². The van der Waals surface area contributed by atoms with Gasteiger partial charge in [-0.3, -0.25) is 14.5 Å². The minimum absolute atomic E-state index is 0.0154. The molecular formula is C20H23N3O2S. The van der Waals surface area contributed by atoms with E-state index in [0.717, 1.165) is 24.3 Å². The Morgan fingerprint density at radius 3 is 2.46 bits per heavy atom. The molecule has 26 heavy (non-hydrogen) atoms. The van der Waals surface area contributed by atoms with Crippen molar-refractivity contribution in [2.75, 3.05) is 23.7 Å². The second-order valence-electron chi connectivity index (χ2n) is 7.11. The van der Waals surface area contributed by atoms with Gasteiger partial charge in [0.05, 0.1) is 6.54 Å². The highest BCUT2D eigenvalue weighted by molar-refractivity contribution is 7.10. The van der Waals surface area contributed by atoms with Crippen LogP contribution >= 0.6 is 11.3 Å². The Morgan fingerprint density at radius 2 is 1.81 bits per heavy atom. The van der Waals surface area contributed by atoms with Crippen LogP contribution in [0, 0.1) is 5.92 Å². The molecule has 0 radical (unpaired) electrons. The van der Waals surface area contributed by atoms with Gasteiger partial charge in [-0.15, -0.1) is 11.3 Å². The number of hydrogen-bond acceptors (Lipinski definition) is 4. The third-order valence-corrected chi connectivity index (χ3v) is 6.02. The van der Waals surface area contributed by atoms with E-state index in [-0.39, 0.29) is 11.8 Å². The average molecular weight is 369 g/mol. The summed E-state index contributed by atoms with van der Waals surface area (Å²) < 4.78 is 0. The number of anilines is 2. The lowest BCUT2D eigenvalue weighted by Crippen LogP contribution is -2.41. The number of carbonyl (C=O) groups is 2. The maximum absolute atomic E-state index is 12.6. The highest BCUT2D eigenvalue weighted by Crippen LogP contribution is 2.48. The van der Waals surface area contributed by atoms with Crippen LogP contribution in [0.3, 0.4) is 0 Å². The van der Waals surface area contributed by atoms with Crippen LogP contribution in [0.1, 0.15) is 36.2 Å². The quantitative estimate of drug-likeness (QED) is 0.846. The fraction of sp³-hybridized carbons (Fsp3) is 0.400. The van der Waals surface area contributed by atoms with E-state index in [0.29, 0.717) is 18.5 Å². The van der Waals surface area contributed by atoms with E-state index in [1.807, 2.05) is 23.5 Å². The Hall–Kier alpha value is -2.18.